The van der Waals surface area contributed by atoms with Crippen LogP contribution in [0.1, 0.15) is 19.3 Å². The van der Waals surface area contributed by atoms with Crippen LogP contribution >= 0.6 is 0 Å². The highest BCUT2D eigenvalue weighted by molar-refractivity contribution is 6.40. The molecule has 0 bridgehead atoms. The average molecular weight is 217 g/mol. The minimum absolute atomic E-state index is 0.0223. The summed E-state index contributed by atoms with van der Waals surface area (Å²) in [6.45, 7) is 0. The second-order valence-electron chi connectivity index (χ2n) is 4.25. The number of hydrogen-bond donors (Lipinski definition) is 5. The maximum atomic E-state index is 10.8. The van der Waals surface area contributed by atoms with Crippen LogP contribution in [0, 0.1) is 5.92 Å². The molecule has 0 aromatic carbocycles. The second kappa shape index (κ2) is 4.48. The SMILES string of the molecule is N[C@@]1(C(=O)O)C[C@@H](CCB(O)O)[C@H](O)C1. The van der Waals surface area contributed by atoms with Crippen molar-refractivity contribution >= 4 is 13.1 Å². The molecule has 1 rings (SSSR count). The van der Waals surface area contributed by atoms with Gasteiger partial charge in [-0.25, -0.2) is 0 Å². The molecule has 0 radical (unpaired) electrons. The van der Waals surface area contributed by atoms with Crippen molar-refractivity contribution in [2.24, 2.45) is 11.7 Å². The largest absolute Gasteiger partial charge is 0.480 e. The number of nitrogens with two attached hydrogens (primary N) is 1. The predicted molar refractivity (Wildman–Crippen MR) is 52.9 cm³/mol. The second-order valence-corrected chi connectivity index (χ2v) is 4.25. The molecule has 6 N–H and O–H groups in total. The molecule has 3 atom stereocenters. The summed E-state index contributed by atoms with van der Waals surface area (Å²) in [5.41, 5.74) is 4.23. The molecule has 0 aromatic rings. The van der Waals surface area contributed by atoms with Crippen LogP contribution < -0.4 is 5.73 Å². The molecule has 0 heterocycles. The Labute approximate surface area is 87.9 Å². The summed E-state index contributed by atoms with van der Waals surface area (Å²) in [4.78, 5) is 10.8. The monoisotopic (exact) mass is 217 g/mol. The molecule has 0 spiro atoms. The van der Waals surface area contributed by atoms with Gasteiger partial charge in [-0.1, -0.05) is 0 Å². The molecule has 15 heavy (non-hydrogen) atoms. The van der Waals surface area contributed by atoms with E-state index < -0.39 is 24.7 Å². The number of aliphatic carboxylic acids is 1. The Morgan fingerprint density at radius 2 is 2.07 bits per heavy atom. The van der Waals surface area contributed by atoms with Crippen molar-refractivity contribution in [3.63, 3.8) is 0 Å². The van der Waals surface area contributed by atoms with Crippen LogP contribution in [-0.4, -0.2) is 45.0 Å². The number of carboxylic acids is 1. The van der Waals surface area contributed by atoms with E-state index in [1.165, 1.54) is 0 Å². The van der Waals surface area contributed by atoms with E-state index in [0.717, 1.165) is 0 Å². The van der Waals surface area contributed by atoms with Gasteiger partial charge in [0.25, 0.3) is 0 Å². The summed E-state index contributed by atoms with van der Waals surface area (Å²) in [7, 11) is -1.42. The van der Waals surface area contributed by atoms with Gasteiger partial charge in [-0.2, -0.15) is 0 Å². The smallest absolute Gasteiger partial charge is 0.451 e. The van der Waals surface area contributed by atoms with Crippen molar-refractivity contribution in [3.8, 4) is 0 Å². The average Bonchev–Trinajstić information content (AvgIpc) is 2.39. The van der Waals surface area contributed by atoms with Crippen LogP contribution in [0.25, 0.3) is 0 Å². The first-order chi connectivity index (χ1) is 6.85. The first-order valence-electron chi connectivity index (χ1n) is 4.91. The fourth-order valence-electron chi connectivity index (χ4n) is 2.06. The molecule has 0 aliphatic heterocycles. The zero-order valence-corrected chi connectivity index (χ0v) is 8.33. The lowest BCUT2D eigenvalue weighted by Gasteiger charge is -2.17. The van der Waals surface area contributed by atoms with Gasteiger partial charge in [-0.05, 0) is 25.1 Å². The maximum absolute atomic E-state index is 10.8. The van der Waals surface area contributed by atoms with Crippen LogP contribution in [0.15, 0.2) is 0 Å². The van der Waals surface area contributed by atoms with Crippen molar-refractivity contribution in [1.82, 2.24) is 0 Å². The van der Waals surface area contributed by atoms with E-state index in [4.69, 9.17) is 20.9 Å². The fraction of sp³-hybridized carbons (Fsp3) is 0.875. The summed E-state index contributed by atoms with van der Waals surface area (Å²) in [6, 6.07) is 0. The zero-order chi connectivity index (χ0) is 11.6. The van der Waals surface area contributed by atoms with Crippen LogP contribution in [-0.2, 0) is 4.79 Å². The van der Waals surface area contributed by atoms with Crippen molar-refractivity contribution in [3.05, 3.63) is 0 Å². The molecule has 1 aliphatic rings. The lowest BCUT2D eigenvalue weighted by molar-refractivity contribution is -0.143. The number of aliphatic hydroxyl groups excluding tert-OH is 1. The number of rotatable bonds is 4. The lowest BCUT2D eigenvalue weighted by Crippen LogP contribution is -2.45. The molecular formula is C8H16BNO5. The highest BCUT2D eigenvalue weighted by atomic mass is 16.4. The molecule has 1 fully saturated rings. The maximum Gasteiger partial charge on any atom is 0.451 e. The Morgan fingerprint density at radius 3 is 2.47 bits per heavy atom. The summed E-state index contributed by atoms with van der Waals surface area (Å²) in [6.07, 6.45) is -0.0856. The van der Waals surface area contributed by atoms with E-state index in [0.29, 0.717) is 6.42 Å². The van der Waals surface area contributed by atoms with Crippen molar-refractivity contribution in [2.45, 2.75) is 37.2 Å². The molecule has 0 amide bonds. The summed E-state index contributed by atoms with van der Waals surface area (Å²) in [5.74, 6) is -1.39. The summed E-state index contributed by atoms with van der Waals surface area (Å²) >= 11 is 0. The van der Waals surface area contributed by atoms with E-state index in [1.54, 1.807) is 0 Å². The number of aliphatic hydroxyl groups is 1. The topological polar surface area (TPSA) is 124 Å². The number of carboxylic acid groups (broad SMARTS) is 1. The van der Waals surface area contributed by atoms with E-state index in [9.17, 15) is 9.90 Å². The van der Waals surface area contributed by atoms with Gasteiger partial charge in [0.05, 0.1) is 6.10 Å². The Balaban J connectivity index is 2.53. The third-order valence-corrected chi connectivity index (χ3v) is 2.97. The summed E-state index contributed by atoms with van der Waals surface area (Å²) < 4.78 is 0. The number of hydrogen-bond acceptors (Lipinski definition) is 5. The van der Waals surface area contributed by atoms with Gasteiger partial charge in [-0.15, -0.1) is 0 Å². The van der Waals surface area contributed by atoms with Crippen molar-refractivity contribution < 1.29 is 25.1 Å². The molecule has 0 saturated heterocycles. The number of carbonyl (C=O) groups is 1. The van der Waals surface area contributed by atoms with Gasteiger partial charge < -0.3 is 26.0 Å². The Morgan fingerprint density at radius 1 is 1.47 bits per heavy atom. The first kappa shape index (κ1) is 12.4. The molecule has 1 saturated carbocycles. The predicted octanol–water partition coefficient (Wildman–Crippen LogP) is -1.60. The van der Waals surface area contributed by atoms with Crippen molar-refractivity contribution in [2.75, 3.05) is 0 Å². The standard InChI is InChI=1S/C8H16BNO5/c10-8(7(12)13)3-5(6(11)4-8)1-2-9(14)15/h5-6,11,14-15H,1-4,10H2,(H,12,13)/t5-,6-,8+/m1/s1. The molecule has 6 nitrogen and oxygen atoms in total. The molecule has 1 aliphatic carbocycles. The van der Waals surface area contributed by atoms with Gasteiger partial charge >= 0.3 is 13.1 Å². The Hall–Kier alpha value is -0.625. The van der Waals surface area contributed by atoms with Gasteiger partial charge in [0.2, 0.25) is 0 Å². The Kier molecular flexibility index (Phi) is 3.72. The molecule has 0 unspecified atom stereocenters. The Bertz CT molecular complexity index is 249. The van der Waals surface area contributed by atoms with Gasteiger partial charge in [-0.3, -0.25) is 4.79 Å². The van der Waals surface area contributed by atoms with E-state index in [2.05, 4.69) is 0 Å². The van der Waals surface area contributed by atoms with E-state index in [-0.39, 0.29) is 25.1 Å². The van der Waals surface area contributed by atoms with Crippen LogP contribution in [0.3, 0.4) is 0 Å². The third-order valence-electron chi connectivity index (χ3n) is 2.97. The highest BCUT2D eigenvalue weighted by Gasteiger charge is 2.47. The fourth-order valence-corrected chi connectivity index (χ4v) is 2.06. The van der Waals surface area contributed by atoms with E-state index >= 15 is 0 Å². The van der Waals surface area contributed by atoms with Crippen LogP contribution in [0.4, 0.5) is 0 Å². The van der Waals surface area contributed by atoms with E-state index in [1.807, 2.05) is 0 Å². The molecule has 0 aromatic heterocycles. The molecular weight excluding hydrogens is 201 g/mol. The normalized spacial score (nSPS) is 35.5. The first-order valence-corrected chi connectivity index (χ1v) is 4.91. The molecule has 86 valence electrons. The minimum Gasteiger partial charge on any atom is -0.480 e. The molecule has 7 heteroatoms. The van der Waals surface area contributed by atoms with Gasteiger partial charge in [0, 0.05) is 6.42 Å². The van der Waals surface area contributed by atoms with Crippen LogP contribution in [0.2, 0.25) is 6.32 Å². The zero-order valence-electron chi connectivity index (χ0n) is 8.33. The van der Waals surface area contributed by atoms with Gasteiger partial charge in [0.15, 0.2) is 0 Å². The quantitative estimate of drug-likeness (QED) is 0.361. The van der Waals surface area contributed by atoms with Gasteiger partial charge in [0.1, 0.15) is 5.54 Å². The lowest BCUT2D eigenvalue weighted by atomic mass is 9.80. The highest BCUT2D eigenvalue weighted by Crippen LogP contribution is 2.36. The van der Waals surface area contributed by atoms with Crippen LogP contribution in [0.5, 0.6) is 0 Å². The van der Waals surface area contributed by atoms with Crippen molar-refractivity contribution in [1.29, 1.82) is 0 Å². The third kappa shape index (κ3) is 2.91. The minimum atomic E-state index is -1.42. The summed E-state index contributed by atoms with van der Waals surface area (Å²) in [5, 5.41) is 35.8.